The number of thioether (sulfide) groups is 1. The topological polar surface area (TPSA) is 45.7 Å². The molecule has 0 fully saturated rings. The quantitative estimate of drug-likeness (QED) is 0.268. The van der Waals surface area contributed by atoms with Gasteiger partial charge in [-0.2, -0.15) is 11.8 Å². The molecule has 126 valence electrons. The number of unbranched alkanes of at least 4 members (excludes halogenated alkanes) is 1. The molecule has 0 spiro atoms. The molecule has 7 heteroatoms. The summed E-state index contributed by atoms with van der Waals surface area (Å²) in [6.45, 7) is 2.39. The average Bonchev–Trinajstić information content (AvgIpc) is 2.50. The van der Waals surface area contributed by atoms with Crippen molar-refractivity contribution in [2.24, 2.45) is 4.99 Å². The van der Waals surface area contributed by atoms with E-state index in [-0.39, 0.29) is 29.8 Å². The summed E-state index contributed by atoms with van der Waals surface area (Å²) in [5.41, 5.74) is 0. The summed E-state index contributed by atoms with van der Waals surface area (Å²) in [5, 5.41) is 6.50. The molecule has 0 amide bonds. The van der Waals surface area contributed by atoms with Crippen molar-refractivity contribution in [1.29, 1.82) is 0 Å². The third-order valence-electron chi connectivity index (χ3n) is 2.77. The van der Waals surface area contributed by atoms with Crippen LogP contribution in [0.3, 0.4) is 0 Å². The number of rotatable bonds is 9. The number of hydrogen-bond acceptors (Lipinski definition) is 3. The lowest BCUT2D eigenvalue weighted by molar-refractivity contribution is 0.306. The summed E-state index contributed by atoms with van der Waals surface area (Å²) in [6.07, 6.45) is 4.01. The number of aliphatic imine (C=N–C) groups is 1. The van der Waals surface area contributed by atoms with Crippen LogP contribution in [0.4, 0.5) is 4.39 Å². The first kappa shape index (κ1) is 21.3. The zero-order chi connectivity index (χ0) is 15.3. The van der Waals surface area contributed by atoms with Gasteiger partial charge in [-0.15, -0.1) is 24.0 Å². The number of nitrogens with zero attached hydrogens (tertiary/aromatic N) is 1. The van der Waals surface area contributed by atoms with Crippen LogP contribution in [0.15, 0.2) is 29.3 Å². The summed E-state index contributed by atoms with van der Waals surface area (Å²) in [7, 11) is 1.77. The Bertz CT molecular complexity index is 418. The van der Waals surface area contributed by atoms with Crippen molar-refractivity contribution in [3.63, 3.8) is 0 Å². The van der Waals surface area contributed by atoms with Crippen LogP contribution in [0.1, 0.15) is 12.8 Å². The lowest BCUT2D eigenvalue weighted by Gasteiger charge is -2.11. The van der Waals surface area contributed by atoms with E-state index >= 15 is 0 Å². The van der Waals surface area contributed by atoms with Gasteiger partial charge >= 0.3 is 0 Å². The van der Waals surface area contributed by atoms with E-state index in [4.69, 9.17) is 4.74 Å². The van der Waals surface area contributed by atoms with Gasteiger partial charge in [-0.1, -0.05) is 0 Å². The van der Waals surface area contributed by atoms with Crippen molar-refractivity contribution in [2.45, 2.75) is 12.8 Å². The van der Waals surface area contributed by atoms with Gasteiger partial charge in [-0.3, -0.25) is 4.99 Å². The Kier molecular flexibility index (Phi) is 13.5. The molecule has 0 radical (unpaired) electrons. The highest BCUT2D eigenvalue weighted by Crippen LogP contribution is 2.11. The predicted molar refractivity (Wildman–Crippen MR) is 104 cm³/mol. The maximum absolute atomic E-state index is 12.7. The Hall–Kier alpha value is -0.700. The number of halogens is 2. The maximum atomic E-state index is 12.7. The summed E-state index contributed by atoms with van der Waals surface area (Å²) in [6, 6.07) is 6.10. The van der Waals surface area contributed by atoms with Crippen LogP contribution >= 0.6 is 35.7 Å². The molecule has 1 aromatic carbocycles. The number of benzene rings is 1. The largest absolute Gasteiger partial charge is 0.494 e. The first-order valence-corrected chi connectivity index (χ1v) is 8.47. The second-order valence-corrected chi connectivity index (χ2v) is 5.41. The second kappa shape index (κ2) is 13.9. The van der Waals surface area contributed by atoms with E-state index in [1.165, 1.54) is 12.1 Å². The predicted octanol–water partition coefficient (Wildman–Crippen LogP) is 3.13. The first-order valence-electron chi connectivity index (χ1n) is 7.08. The molecule has 1 rings (SSSR count). The minimum absolute atomic E-state index is 0. The van der Waals surface area contributed by atoms with Crippen molar-refractivity contribution in [3.05, 3.63) is 30.1 Å². The van der Waals surface area contributed by atoms with Crippen LogP contribution in [0.5, 0.6) is 5.75 Å². The van der Waals surface area contributed by atoms with Gasteiger partial charge in [0, 0.05) is 25.9 Å². The molecule has 0 unspecified atom stereocenters. The Labute approximate surface area is 153 Å². The van der Waals surface area contributed by atoms with Gasteiger partial charge in [0.1, 0.15) is 11.6 Å². The molecule has 0 bridgehead atoms. The molecule has 0 aromatic heterocycles. The molecule has 0 aliphatic heterocycles. The normalized spacial score (nSPS) is 10.8. The third kappa shape index (κ3) is 10.1. The molecule has 0 atom stereocenters. The minimum atomic E-state index is -0.244. The molecule has 2 N–H and O–H groups in total. The highest BCUT2D eigenvalue weighted by atomic mass is 127. The zero-order valence-corrected chi connectivity index (χ0v) is 16.2. The summed E-state index contributed by atoms with van der Waals surface area (Å²) in [4.78, 5) is 4.15. The molecule has 0 aliphatic rings. The van der Waals surface area contributed by atoms with Gasteiger partial charge < -0.3 is 15.4 Å². The Balaban J connectivity index is 0.00000441. The standard InChI is InChI=1S/C15H24FN3OS.HI/c1-17-15(19-10-12-21-2)18-9-3-4-11-20-14-7-5-13(16)6-8-14;/h5-8H,3-4,9-12H2,1-2H3,(H2,17,18,19);1H. The van der Waals surface area contributed by atoms with Crippen molar-refractivity contribution in [1.82, 2.24) is 10.6 Å². The van der Waals surface area contributed by atoms with Gasteiger partial charge in [0.2, 0.25) is 0 Å². The van der Waals surface area contributed by atoms with Crippen molar-refractivity contribution >= 4 is 41.7 Å². The lowest BCUT2D eigenvalue weighted by Crippen LogP contribution is -2.38. The number of hydrogen-bond donors (Lipinski definition) is 2. The van der Waals surface area contributed by atoms with E-state index in [2.05, 4.69) is 21.9 Å². The first-order chi connectivity index (χ1) is 10.3. The summed E-state index contributed by atoms with van der Waals surface area (Å²) in [5.74, 6) is 2.36. The van der Waals surface area contributed by atoms with Gasteiger partial charge in [-0.05, 0) is 43.4 Å². The smallest absolute Gasteiger partial charge is 0.191 e. The highest BCUT2D eigenvalue weighted by Gasteiger charge is 1.97. The van der Waals surface area contributed by atoms with Crippen molar-refractivity contribution in [3.8, 4) is 5.75 Å². The van der Waals surface area contributed by atoms with Crippen LogP contribution in [-0.4, -0.2) is 44.7 Å². The van der Waals surface area contributed by atoms with Crippen molar-refractivity contribution in [2.75, 3.05) is 38.8 Å². The molecule has 0 heterocycles. The fraction of sp³-hybridized carbons (Fsp3) is 0.533. The molecular weight excluding hydrogens is 416 g/mol. The van der Waals surface area contributed by atoms with Crippen LogP contribution in [-0.2, 0) is 0 Å². The fourth-order valence-electron chi connectivity index (χ4n) is 1.65. The molecule has 0 saturated heterocycles. The van der Waals surface area contributed by atoms with Crippen LogP contribution in [0.2, 0.25) is 0 Å². The van der Waals surface area contributed by atoms with E-state index in [9.17, 15) is 4.39 Å². The third-order valence-corrected chi connectivity index (χ3v) is 3.38. The van der Waals surface area contributed by atoms with Gasteiger partial charge in [-0.25, -0.2) is 4.39 Å². The maximum Gasteiger partial charge on any atom is 0.191 e. The number of ether oxygens (including phenoxy) is 1. The van der Waals surface area contributed by atoms with Crippen LogP contribution in [0, 0.1) is 5.82 Å². The van der Waals surface area contributed by atoms with Gasteiger partial charge in [0.25, 0.3) is 0 Å². The monoisotopic (exact) mass is 441 g/mol. The van der Waals surface area contributed by atoms with Gasteiger partial charge in [0.15, 0.2) is 5.96 Å². The summed E-state index contributed by atoms with van der Waals surface area (Å²) >= 11 is 1.80. The Morgan fingerprint density at radius 3 is 2.50 bits per heavy atom. The van der Waals surface area contributed by atoms with E-state index in [0.717, 1.165) is 37.6 Å². The Morgan fingerprint density at radius 1 is 1.18 bits per heavy atom. The molecule has 0 saturated carbocycles. The second-order valence-electron chi connectivity index (χ2n) is 4.43. The van der Waals surface area contributed by atoms with E-state index < -0.39 is 0 Å². The minimum Gasteiger partial charge on any atom is -0.494 e. The fourth-order valence-corrected chi connectivity index (χ4v) is 1.95. The highest BCUT2D eigenvalue weighted by molar-refractivity contribution is 14.0. The van der Waals surface area contributed by atoms with E-state index in [1.807, 2.05) is 0 Å². The van der Waals surface area contributed by atoms with E-state index in [0.29, 0.717) is 12.4 Å². The lowest BCUT2D eigenvalue weighted by atomic mass is 10.3. The molecule has 1 aromatic rings. The molecule has 4 nitrogen and oxygen atoms in total. The Morgan fingerprint density at radius 2 is 1.86 bits per heavy atom. The SMILES string of the molecule is CN=C(NCCCCOc1ccc(F)cc1)NCCSC.I. The van der Waals surface area contributed by atoms with Gasteiger partial charge in [0.05, 0.1) is 6.61 Å². The number of guanidine groups is 1. The molecular formula is C15H25FIN3OS. The zero-order valence-electron chi connectivity index (χ0n) is 13.1. The van der Waals surface area contributed by atoms with E-state index in [1.54, 1.807) is 30.9 Å². The molecule has 0 aliphatic carbocycles. The van der Waals surface area contributed by atoms with Crippen LogP contribution < -0.4 is 15.4 Å². The average molecular weight is 441 g/mol. The molecule has 22 heavy (non-hydrogen) atoms. The van der Waals surface area contributed by atoms with Crippen LogP contribution in [0.25, 0.3) is 0 Å². The number of nitrogens with one attached hydrogen (secondary N) is 2. The summed E-state index contributed by atoms with van der Waals surface area (Å²) < 4.78 is 18.2. The van der Waals surface area contributed by atoms with Crippen molar-refractivity contribution < 1.29 is 9.13 Å².